The van der Waals surface area contributed by atoms with E-state index in [0.29, 0.717) is 6.54 Å². The number of rotatable bonds is 3. The minimum Gasteiger partial charge on any atom is -0.459 e. The van der Waals surface area contributed by atoms with E-state index in [1.807, 2.05) is 24.5 Å². The Labute approximate surface area is 172 Å². The maximum Gasteiger partial charge on any atom is 0.130 e. The summed E-state index contributed by atoms with van der Waals surface area (Å²) in [5, 5.41) is 0. The third kappa shape index (κ3) is 3.04. The van der Waals surface area contributed by atoms with Gasteiger partial charge in [0.25, 0.3) is 0 Å². The Bertz CT molecular complexity index is 1210. The van der Waals surface area contributed by atoms with Gasteiger partial charge >= 0.3 is 0 Å². The van der Waals surface area contributed by atoms with Crippen molar-refractivity contribution in [2.75, 3.05) is 0 Å². The number of fused-ring (bicyclic) bond motifs is 2. The molecule has 4 heteroatoms. The second-order valence-corrected chi connectivity index (χ2v) is 8.03. The highest BCUT2D eigenvalue weighted by atomic mass is 79.9. The molecule has 3 nitrogen and oxygen atoms in total. The van der Waals surface area contributed by atoms with Crippen molar-refractivity contribution in [3.63, 3.8) is 0 Å². The van der Waals surface area contributed by atoms with Crippen LogP contribution in [0.15, 0.2) is 83.3 Å². The second-order valence-electron chi connectivity index (χ2n) is 7.11. The van der Waals surface area contributed by atoms with Crippen molar-refractivity contribution in [3.05, 3.63) is 100.0 Å². The number of aryl methyl sites for hydroxylation is 1. The largest absolute Gasteiger partial charge is 0.459 e. The number of para-hydroxylation sites is 1. The van der Waals surface area contributed by atoms with Gasteiger partial charge in [0.1, 0.15) is 11.5 Å². The predicted molar refractivity (Wildman–Crippen MR) is 116 cm³/mol. The van der Waals surface area contributed by atoms with Crippen molar-refractivity contribution in [1.29, 1.82) is 0 Å². The van der Waals surface area contributed by atoms with Crippen LogP contribution in [0.4, 0.5) is 0 Å². The lowest BCUT2D eigenvalue weighted by molar-refractivity contribution is 0.383. The van der Waals surface area contributed by atoms with Gasteiger partial charge in [-0.1, -0.05) is 58.4 Å². The van der Waals surface area contributed by atoms with Gasteiger partial charge < -0.3 is 9.30 Å². The maximum atomic E-state index is 6.42. The van der Waals surface area contributed by atoms with E-state index in [1.165, 1.54) is 22.3 Å². The molecule has 1 aliphatic heterocycles. The third-order valence-corrected chi connectivity index (χ3v) is 5.74. The van der Waals surface area contributed by atoms with Crippen LogP contribution in [0.1, 0.15) is 16.7 Å². The van der Waals surface area contributed by atoms with E-state index in [4.69, 9.17) is 4.74 Å². The summed E-state index contributed by atoms with van der Waals surface area (Å²) in [7, 11) is 0. The molecule has 0 aliphatic carbocycles. The van der Waals surface area contributed by atoms with Crippen LogP contribution < -0.4 is 4.74 Å². The van der Waals surface area contributed by atoms with E-state index >= 15 is 0 Å². The fourth-order valence-electron chi connectivity index (χ4n) is 3.81. The molecule has 1 aliphatic rings. The highest BCUT2D eigenvalue weighted by Crippen LogP contribution is 2.37. The number of nitrogens with zero attached hydrogens (tertiary/aromatic N) is 2. The molecule has 0 bridgehead atoms. The lowest BCUT2D eigenvalue weighted by atomic mass is 9.94. The first-order valence-electron chi connectivity index (χ1n) is 9.33. The summed E-state index contributed by atoms with van der Waals surface area (Å²) in [4.78, 5) is 4.62. The van der Waals surface area contributed by atoms with Gasteiger partial charge in [0.15, 0.2) is 0 Å². The predicted octanol–water partition coefficient (Wildman–Crippen LogP) is 6.15. The van der Waals surface area contributed by atoms with Gasteiger partial charge in [-0.25, -0.2) is 4.98 Å². The molecule has 0 fully saturated rings. The number of ether oxygens (including phenoxy) is 1. The van der Waals surface area contributed by atoms with Gasteiger partial charge in [0, 0.05) is 22.0 Å². The summed E-state index contributed by atoms with van der Waals surface area (Å²) in [6.45, 7) is 2.75. The van der Waals surface area contributed by atoms with Gasteiger partial charge in [-0.05, 0) is 42.3 Å². The molecule has 0 N–H and O–H groups in total. The lowest BCUT2D eigenvalue weighted by Crippen LogP contribution is -2.14. The maximum absolute atomic E-state index is 6.42. The fourth-order valence-corrected chi connectivity index (χ4v) is 4.22. The van der Waals surface area contributed by atoms with Crippen molar-refractivity contribution >= 4 is 32.5 Å². The fraction of sp³-hybridized carbons (Fsp3) is 0.125. The van der Waals surface area contributed by atoms with Crippen LogP contribution in [0.5, 0.6) is 5.75 Å². The molecule has 0 atom stereocenters. The molecule has 0 amide bonds. The van der Waals surface area contributed by atoms with E-state index in [0.717, 1.165) is 33.4 Å². The molecule has 0 spiro atoms. The Balaban J connectivity index is 1.61. The SMILES string of the molecule is Cc1cccc2c1ncn2CC1=C(c2ccccc2)Cc2cc(Br)ccc2O1. The van der Waals surface area contributed by atoms with Crippen LogP contribution in [0.25, 0.3) is 16.6 Å². The van der Waals surface area contributed by atoms with Crippen molar-refractivity contribution in [3.8, 4) is 5.75 Å². The molecule has 0 unspecified atom stereocenters. The molecule has 0 radical (unpaired) electrons. The van der Waals surface area contributed by atoms with E-state index in [2.05, 4.69) is 80.9 Å². The van der Waals surface area contributed by atoms with E-state index < -0.39 is 0 Å². The first-order chi connectivity index (χ1) is 13.7. The highest BCUT2D eigenvalue weighted by molar-refractivity contribution is 9.10. The average Bonchev–Trinajstić information content (AvgIpc) is 3.12. The standard InChI is InChI=1S/C24H19BrN2O/c1-16-6-5-9-21-24(16)26-15-27(21)14-23-20(17-7-3-2-4-8-17)13-18-12-19(25)10-11-22(18)28-23/h2-12,15H,13-14H2,1H3. The van der Waals surface area contributed by atoms with Crippen LogP contribution >= 0.6 is 15.9 Å². The topological polar surface area (TPSA) is 27.1 Å². The summed E-state index contributed by atoms with van der Waals surface area (Å²) in [5.74, 6) is 1.90. The van der Waals surface area contributed by atoms with Crippen LogP contribution in [0.2, 0.25) is 0 Å². The summed E-state index contributed by atoms with van der Waals surface area (Å²) >= 11 is 3.58. The Kier molecular flexibility index (Phi) is 4.29. The Morgan fingerprint density at radius 3 is 2.75 bits per heavy atom. The van der Waals surface area contributed by atoms with Gasteiger partial charge in [-0.3, -0.25) is 0 Å². The summed E-state index contributed by atoms with van der Waals surface area (Å²) < 4.78 is 9.66. The van der Waals surface area contributed by atoms with Crippen LogP contribution in [-0.2, 0) is 13.0 Å². The quantitative estimate of drug-likeness (QED) is 0.389. The number of halogens is 1. The smallest absolute Gasteiger partial charge is 0.130 e. The Morgan fingerprint density at radius 1 is 1.04 bits per heavy atom. The zero-order valence-corrected chi connectivity index (χ0v) is 17.1. The number of hydrogen-bond acceptors (Lipinski definition) is 2. The minimum absolute atomic E-state index is 0.652. The minimum atomic E-state index is 0.652. The molecule has 28 heavy (non-hydrogen) atoms. The first-order valence-corrected chi connectivity index (χ1v) is 10.1. The van der Waals surface area contributed by atoms with Gasteiger partial charge in [-0.15, -0.1) is 0 Å². The Hall–Kier alpha value is -2.85. The van der Waals surface area contributed by atoms with Gasteiger partial charge in [0.2, 0.25) is 0 Å². The molecule has 138 valence electrons. The summed E-state index contributed by atoms with van der Waals surface area (Å²) in [6.07, 6.45) is 2.76. The van der Waals surface area contributed by atoms with Crippen LogP contribution in [0, 0.1) is 6.92 Å². The lowest BCUT2D eigenvalue weighted by Gasteiger charge is -2.24. The van der Waals surface area contributed by atoms with Crippen LogP contribution in [0.3, 0.4) is 0 Å². The number of benzene rings is 3. The molecule has 0 saturated heterocycles. The normalized spacial score (nSPS) is 13.5. The molecule has 2 heterocycles. The van der Waals surface area contributed by atoms with Crippen molar-refractivity contribution in [1.82, 2.24) is 9.55 Å². The van der Waals surface area contributed by atoms with E-state index in [1.54, 1.807) is 0 Å². The molecule has 3 aromatic carbocycles. The van der Waals surface area contributed by atoms with Gasteiger partial charge in [0.05, 0.1) is 23.9 Å². The highest BCUT2D eigenvalue weighted by Gasteiger charge is 2.22. The molecule has 5 rings (SSSR count). The van der Waals surface area contributed by atoms with Crippen molar-refractivity contribution < 1.29 is 4.74 Å². The monoisotopic (exact) mass is 430 g/mol. The first kappa shape index (κ1) is 17.3. The third-order valence-electron chi connectivity index (χ3n) is 5.25. The van der Waals surface area contributed by atoms with Crippen LogP contribution in [-0.4, -0.2) is 9.55 Å². The summed E-state index contributed by atoms with van der Waals surface area (Å²) in [6, 6.07) is 23.0. The molecule has 0 saturated carbocycles. The summed E-state index contributed by atoms with van der Waals surface area (Å²) in [5.41, 5.74) is 6.98. The van der Waals surface area contributed by atoms with Crippen molar-refractivity contribution in [2.45, 2.75) is 19.9 Å². The average molecular weight is 431 g/mol. The number of allylic oxidation sites excluding steroid dienone is 2. The van der Waals surface area contributed by atoms with E-state index in [9.17, 15) is 0 Å². The Morgan fingerprint density at radius 2 is 1.89 bits per heavy atom. The zero-order chi connectivity index (χ0) is 19.1. The zero-order valence-electron chi connectivity index (χ0n) is 15.5. The van der Waals surface area contributed by atoms with Gasteiger partial charge in [-0.2, -0.15) is 0 Å². The molecule has 1 aromatic heterocycles. The number of aromatic nitrogens is 2. The van der Waals surface area contributed by atoms with E-state index in [-0.39, 0.29) is 0 Å². The second kappa shape index (κ2) is 6.95. The molecular weight excluding hydrogens is 412 g/mol. The number of hydrogen-bond donors (Lipinski definition) is 0. The number of imidazole rings is 1. The molecular formula is C24H19BrN2O. The van der Waals surface area contributed by atoms with Crippen molar-refractivity contribution in [2.24, 2.45) is 0 Å². The molecule has 4 aromatic rings.